The maximum Gasteiger partial charge on any atom is 0.255 e. The summed E-state index contributed by atoms with van der Waals surface area (Å²) < 4.78 is 25.5. The van der Waals surface area contributed by atoms with Crippen LogP contribution in [-0.2, 0) is 14.6 Å². The molecular weight excluding hydrogens is 388 g/mol. The van der Waals surface area contributed by atoms with Crippen molar-refractivity contribution >= 4 is 33.0 Å². The van der Waals surface area contributed by atoms with Crippen molar-refractivity contribution in [2.45, 2.75) is 48.7 Å². The van der Waals surface area contributed by atoms with Gasteiger partial charge in [0.15, 0.2) is 9.84 Å². The lowest BCUT2D eigenvalue weighted by Crippen LogP contribution is -2.18. The van der Waals surface area contributed by atoms with E-state index in [1.54, 1.807) is 42.5 Å². The van der Waals surface area contributed by atoms with Crippen LogP contribution in [0.15, 0.2) is 53.4 Å². The van der Waals surface area contributed by atoms with Gasteiger partial charge in [-0.25, -0.2) is 8.42 Å². The zero-order valence-electron chi connectivity index (χ0n) is 16.1. The molecule has 2 saturated carbocycles. The molecule has 2 aliphatic rings. The highest BCUT2D eigenvalue weighted by Crippen LogP contribution is 2.31. The third kappa shape index (κ3) is 4.50. The molecule has 0 aliphatic heterocycles. The Hall–Kier alpha value is -2.67. The maximum absolute atomic E-state index is 12.8. The van der Waals surface area contributed by atoms with Crippen molar-refractivity contribution in [1.82, 2.24) is 0 Å². The van der Waals surface area contributed by atoms with Gasteiger partial charge in [0.1, 0.15) is 0 Å². The summed E-state index contributed by atoms with van der Waals surface area (Å²) in [5.41, 5.74) is 1.53. The Bertz CT molecular complexity index is 1020. The Morgan fingerprint density at radius 2 is 1.52 bits per heavy atom. The number of rotatable bonds is 6. The van der Waals surface area contributed by atoms with E-state index in [1.165, 1.54) is 6.07 Å². The van der Waals surface area contributed by atoms with E-state index in [2.05, 4.69) is 10.6 Å². The molecule has 4 rings (SSSR count). The Balaban J connectivity index is 1.43. The zero-order valence-corrected chi connectivity index (χ0v) is 16.9. The minimum atomic E-state index is -3.37. The van der Waals surface area contributed by atoms with Gasteiger partial charge in [-0.3, -0.25) is 9.59 Å². The minimum absolute atomic E-state index is 0.0162. The molecule has 0 bridgehead atoms. The SMILES string of the molecule is O=C(Nc1cccc(S(=O)(=O)C2CCCC2)c1)c1ccc(NC(=O)C2CC2)cc1. The predicted molar refractivity (Wildman–Crippen MR) is 112 cm³/mol. The summed E-state index contributed by atoms with van der Waals surface area (Å²) >= 11 is 0. The Kier molecular flexibility index (Phi) is 5.41. The molecule has 0 spiro atoms. The second kappa shape index (κ2) is 7.99. The summed E-state index contributed by atoms with van der Waals surface area (Å²) in [4.78, 5) is 24.6. The van der Waals surface area contributed by atoms with E-state index in [4.69, 9.17) is 0 Å². The largest absolute Gasteiger partial charge is 0.326 e. The van der Waals surface area contributed by atoms with Crippen molar-refractivity contribution in [2.75, 3.05) is 10.6 Å². The number of nitrogens with one attached hydrogen (secondary N) is 2. The summed E-state index contributed by atoms with van der Waals surface area (Å²) in [6.45, 7) is 0. The first-order valence-corrected chi connectivity index (χ1v) is 11.5. The van der Waals surface area contributed by atoms with Gasteiger partial charge in [0.2, 0.25) is 5.91 Å². The topological polar surface area (TPSA) is 92.3 Å². The molecule has 2 fully saturated rings. The Morgan fingerprint density at radius 1 is 0.828 bits per heavy atom. The zero-order chi connectivity index (χ0) is 20.4. The fraction of sp³-hybridized carbons (Fsp3) is 0.364. The van der Waals surface area contributed by atoms with Gasteiger partial charge in [0, 0.05) is 22.9 Å². The van der Waals surface area contributed by atoms with Crippen LogP contribution in [-0.4, -0.2) is 25.5 Å². The van der Waals surface area contributed by atoms with Crippen LogP contribution in [0.25, 0.3) is 0 Å². The highest BCUT2D eigenvalue weighted by molar-refractivity contribution is 7.92. The average Bonchev–Trinajstić information content (AvgIpc) is 3.42. The van der Waals surface area contributed by atoms with E-state index in [1.807, 2.05) is 0 Å². The highest BCUT2D eigenvalue weighted by Gasteiger charge is 2.31. The third-order valence-corrected chi connectivity index (χ3v) is 7.78. The molecule has 0 aromatic heterocycles. The van der Waals surface area contributed by atoms with E-state index in [0.717, 1.165) is 25.7 Å². The van der Waals surface area contributed by atoms with E-state index in [0.29, 0.717) is 29.8 Å². The molecule has 0 atom stereocenters. The lowest BCUT2D eigenvalue weighted by atomic mass is 10.2. The Morgan fingerprint density at radius 3 is 2.17 bits per heavy atom. The molecule has 2 aromatic rings. The van der Waals surface area contributed by atoms with E-state index < -0.39 is 9.84 Å². The van der Waals surface area contributed by atoms with Gasteiger partial charge in [-0.2, -0.15) is 0 Å². The molecule has 152 valence electrons. The first-order chi connectivity index (χ1) is 13.9. The molecule has 2 aliphatic carbocycles. The van der Waals surface area contributed by atoms with Crippen LogP contribution in [0, 0.1) is 5.92 Å². The molecule has 0 saturated heterocycles. The maximum atomic E-state index is 12.8. The number of benzene rings is 2. The summed E-state index contributed by atoms with van der Waals surface area (Å²) in [7, 11) is -3.37. The molecule has 6 nitrogen and oxygen atoms in total. The quantitative estimate of drug-likeness (QED) is 0.750. The number of carbonyl (C=O) groups excluding carboxylic acids is 2. The second-order valence-electron chi connectivity index (χ2n) is 7.77. The van der Waals surface area contributed by atoms with Gasteiger partial charge < -0.3 is 10.6 Å². The molecular formula is C22H24N2O4S. The van der Waals surface area contributed by atoms with E-state index in [9.17, 15) is 18.0 Å². The fourth-order valence-corrected chi connectivity index (χ4v) is 5.54. The van der Waals surface area contributed by atoms with Crippen LogP contribution >= 0.6 is 0 Å². The number of hydrogen-bond acceptors (Lipinski definition) is 4. The lowest BCUT2D eigenvalue weighted by Gasteiger charge is -2.13. The summed E-state index contributed by atoms with van der Waals surface area (Å²) in [6.07, 6.45) is 5.14. The lowest BCUT2D eigenvalue weighted by molar-refractivity contribution is -0.117. The van der Waals surface area contributed by atoms with E-state index >= 15 is 0 Å². The van der Waals surface area contributed by atoms with Crippen molar-refractivity contribution in [3.63, 3.8) is 0 Å². The van der Waals surface area contributed by atoms with Crippen LogP contribution in [0.5, 0.6) is 0 Å². The molecule has 0 radical (unpaired) electrons. The van der Waals surface area contributed by atoms with Gasteiger partial charge >= 0.3 is 0 Å². The van der Waals surface area contributed by atoms with E-state index in [-0.39, 0.29) is 27.9 Å². The smallest absolute Gasteiger partial charge is 0.255 e. The van der Waals surface area contributed by atoms with Gasteiger partial charge in [-0.15, -0.1) is 0 Å². The molecule has 2 aromatic carbocycles. The standard InChI is InChI=1S/C22H24N2O4S/c25-21(15-8-9-15)23-17-12-10-16(11-13-17)22(26)24-18-4-3-7-20(14-18)29(27,28)19-5-1-2-6-19/h3-4,7,10-15,19H,1-2,5-6,8-9H2,(H,23,25)(H,24,26). The minimum Gasteiger partial charge on any atom is -0.326 e. The monoisotopic (exact) mass is 412 g/mol. The summed E-state index contributed by atoms with van der Waals surface area (Å²) in [5, 5.41) is 5.27. The first-order valence-electron chi connectivity index (χ1n) is 10.00. The molecule has 0 unspecified atom stereocenters. The number of anilines is 2. The molecule has 29 heavy (non-hydrogen) atoms. The van der Waals surface area contributed by atoms with Crippen LogP contribution in [0.2, 0.25) is 0 Å². The third-order valence-electron chi connectivity index (χ3n) is 5.52. The van der Waals surface area contributed by atoms with Gasteiger partial charge in [0.25, 0.3) is 5.91 Å². The summed E-state index contributed by atoms with van der Waals surface area (Å²) in [5.74, 6) is -0.200. The van der Waals surface area contributed by atoms with Gasteiger partial charge in [0.05, 0.1) is 10.1 Å². The molecule has 7 heteroatoms. The highest BCUT2D eigenvalue weighted by atomic mass is 32.2. The first kappa shape index (κ1) is 19.6. The van der Waals surface area contributed by atoms with Crippen molar-refractivity contribution in [3.05, 3.63) is 54.1 Å². The van der Waals surface area contributed by atoms with Crippen LogP contribution < -0.4 is 10.6 Å². The molecule has 2 amide bonds. The number of sulfone groups is 1. The van der Waals surface area contributed by atoms with Crippen LogP contribution in [0.3, 0.4) is 0 Å². The molecule has 2 N–H and O–H groups in total. The Labute approximate surface area is 170 Å². The predicted octanol–water partition coefficient (Wildman–Crippen LogP) is 4.00. The number of hydrogen-bond donors (Lipinski definition) is 2. The van der Waals surface area contributed by atoms with Crippen LogP contribution in [0.1, 0.15) is 48.9 Å². The summed E-state index contributed by atoms with van der Waals surface area (Å²) in [6, 6.07) is 13.1. The van der Waals surface area contributed by atoms with Gasteiger partial charge in [-0.1, -0.05) is 18.9 Å². The average molecular weight is 413 g/mol. The normalized spacial score (nSPS) is 17.1. The fourth-order valence-electron chi connectivity index (χ4n) is 3.64. The molecule has 0 heterocycles. The van der Waals surface area contributed by atoms with Gasteiger partial charge in [-0.05, 0) is 68.1 Å². The van der Waals surface area contributed by atoms with Crippen molar-refractivity contribution in [1.29, 1.82) is 0 Å². The number of amides is 2. The van der Waals surface area contributed by atoms with Crippen LogP contribution in [0.4, 0.5) is 11.4 Å². The second-order valence-corrected chi connectivity index (χ2v) is 10.0. The van der Waals surface area contributed by atoms with Crippen molar-refractivity contribution in [2.24, 2.45) is 5.92 Å². The number of carbonyl (C=O) groups is 2. The van der Waals surface area contributed by atoms with Crippen molar-refractivity contribution < 1.29 is 18.0 Å². The van der Waals surface area contributed by atoms with Crippen molar-refractivity contribution in [3.8, 4) is 0 Å².